The smallest absolute Gasteiger partial charge is 0.118 e. The highest BCUT2D eigenvalue weighted by Gasteiger charge is 2.16. The van der Waals surface area contributed by atoms with Crippen LogP contribution in [-0.2, 0) is 0 Å². The maximum atomic E-state index is 5.37. The number of hydrogen-bond donors (Lipinski definition) is 0. The molecule has 3 nitrogen and oxygen atoms in total. The molecule has 0 aliphatic rings. The van der Waals surface area contributed by atoms with E-state index in [1.165, 1.54) is 32.6 Å². The Morgan fingerprint density at radius 1 is 0.629 bits per heavy atom. The Morgan fingerprint density at radius 2 is 1.40 bits per heavy atom. The predicted octanol–water partition coefficient (Wildman–Crippen LogP) is 8.16. The highest BCUT2D eigenvalue weighted by atomic mass is 16.5. The van der Waals surface area contributed by atoms with Gasteiger partial charge in [-0.25, -0.2) is 0 Å². The number of ether oxygens (including phenoxy) is 1. The largest absolute Gasteiger partial charge is 0.497 e. The first kappa shape index (κ1) is 19.8. The molecule has 0 bridgehead atoms. The van der Waals surface area contributed by atoms with Crippen molar-refractivity contribution in [2.24, 2.45) is 0 Å². The number of methoxy groups -OCH3 is 1. The quantitative estimate of drug-likeness (QED) is 0.254. The fourth-order valence-corrected chi connectivity index (χ4v) is 5.29. The molecule has 0 atom stereocenters. The summed E-state index contributed by atoms with van der Waals surface area (Å²) in [6.07, 6.45) is 1.88. The number of pyridine rings is 1. The molecular formula is C32H22N2O. The first-order chi connectivity index (χ1) is 17.3. The van der Waals surface area contributed by atoms with Gasteiger partial charge in [-0.3, -0.25) is 4.98 Å². The van der Waals surface area contributed by atoms with Crippen molar-refractivity contribution in [3.63, 3.8) is 0 Å². The molecule has 0 saturated heterocycles. The zero-order valence-electron chi connectivity index (χ0n) is 19.3. The van der Waals surface area contributed by atoms with Gasteiger partial charge in [-0.15, -0.1) is 0 Å². The zero-order valence-corrected chi connectivity index (χ0v) is 19.3. The Morgan fingerprint density at radius 3 is 2.23 bits per heavy atom. The second-order valence-corrected chi connectivity index (χ2v) is 8.83. The topological polar surface area (TPSA) is 27.1 Å². The third kappa shape index (κ3) is 3.02. The molecule has 0 unspecified atom stereocenters. The molecule has 0 amide bonds. The lowest BCUT2D eigenvalue weighted by Gasteiger charge is -2.12. The minimum absolute atomic E-state index is 0.849. The van der Waals surface area contributed by atoms with Gasteiger partial charge in [0.2, 0.25) is 0 Å². The van der Waals surface area contributed by atoms with Gasteiger partial charge in [0.25, 0.3) is 0 Å². The summed E-state index contributed by atoms with van der Waals surface area (Å²) in [4.78, 5) is 4.82. The van der Waals surface area contributed by atoms with E-state index >= 15 is 0 Å². The molecule has 7 rings (SSSR count). The molecule has 0 aliphatic heterocycles. The SMILES string of the molecule is COc1ccc(-c2cc3cc4c5ccccc5n(-c5ccccc5)c4cc3c3cccnc23)cc1. The molecule has 35 heavy (non-hydrogen) atoms. The van der Waals surface area contributed by atoms with E-state index in [9.17, 15) is 0 Å². The Bertz CT molecular complexity index is 1870. The van der Waals surface area contributed by atoms with Crippen molar-refractivity contribution >= 4 is 43.5 Å². The first-order valence-corrected chi connectivity index (χ1v) is 11.8. The van der Waals surface area contributed by atoms with E-state index in [-0.39, 0.29) is 0 Å². The molecule has 3 heteroatoms. The van der Waals surface area contributed by atoms with Crippen molar-refractivity contribution in [1.29, 1.82) is 0 Å². The van der Waals surface area contributed by atoms with E-state index in [2.05, 4.69) is 95.6 Å². The normalized spacial score (nSPS) is 11.6. The second kappa shape index (κ2) is 7.71. The summed E-state index contributed by atoms with van der Waals surface area (Å²) >= 11 is 0. The summed E-state index contributed by atoms with van der Waals surface area (Å²) < 4.78 is 7.74. The third-order valence-electron chi connectivity index (χ3n) is 6.91. The zero-order chi connectivity index (χ0) is 23.4. The van der Waals surface area contributed by atoms with Crippen LogP contribution in [0.25, 0.3) is 60.3 Å². The van der Waals surface area contributed by atoms with Crippen LogP contribution >= 0.6 is 0 Å². The second-order valence-electron chi connectivity index (χ2n) is 8.83. The number of nitrogens with zero attached hydrogens (tertiary/aromatic N) is 2. The van der Waals surface area contributed by atoms with Crippen LogP contribution in [0.1, 0.15) is 0 Å². The van der Waals surface area contributed by atoms with E-state index in [4.69, 9.17) is 9.72 Å². The van der Waals surface area contributed by atoms with Gasteiger partial charge in [0.1, 0.15) is 5.75 Å². The Labute approximate surface area is 202 Å². The number of rotatable bonds is 3. The molecular weight excluding hydrogens is 428 g/mol. The first-order valence-electron chi connectivity index (χ1n) is 11.8. The summed E-state index contributed by atoms with van der Waals surface area (Å²) in [5, 5.41) is 6.08. The van der Waals surface area contributed by atoms with Crippen molar-refractivity contribution in [3.05, 3.63) is 115 Å². The maximum absolute atomic E-state index is 5.37. The number of aromatic nitrogens is 2. The van der Waals surface area contributed by atoms with Gasteiger partial charge in [0.15, 0.2) is 0 Å². The van der Waals surface area contributed by atoms with Gasteiger partial charge in [-0.05, 0) is 70.9 Å². The van der Waals surface area contributed by atoms with Gasteiger partial charge in [-0.2, -0.15) is 0 Å². The van der Waals surface area contributed by atoms with Crippen molar-refractivity contribution in [1.82, 2.24) is 9.55 Å². The van der Waals surface area contributed by atoms with Crippen molar-refractivity contribution in [2.75, 3.05) is 7.11 Å². The summed E-state index contributed by atoms with van der Waals surface area (Å²) in [5.41, 5.74) is 6.83. The van der Waals surface area contributed by atoms with E-state index in [1.807, 2.05) is 24.4 Å². The Hall–Kier alpha value is -4.63. The number of benzene rings is 5. The number of fused-ring (bicyclic) bond motifs is 6. The Kier molecular flexibility index (Phi) is 4.36. The fourth-order valence-electron chi connectivity index (χ4n) is 5.29. The molecule has 0 saturated carbocycles. The van der Waals surface area contributed by atoms with Gasteiger partial charge in [-0.1, -0.05) is 54.6 Å². The van der Waals surface area contributed by atoms with Gasteiger partial charge in [0.05, 0.1) is 23.7 Å². The minimum atomic E-state index is 0.849. The Balaban J connectivity index is 1.61. The van der Waals surface area contributed by atoms with Crippen LogP contribution in [0.15, 0.2) is 115 Å². The maximum Gasteiger partial charge on any atom is 0.118 e. The average Bonchev–Trinajstić information content (AvgIpc) is 3.25. The average molecular weight is 451 g/mol. The highest BCUT2D eigenvalue weighted by Crippen LogP contribution is 2.39. The highest BCUT2D eigenvalue weighted by molar-refractivity contribution is 6.19. The third-order valence-corrected chi connectivity index (χ3v) is 6.91. The van der Waals surface area contributed by atoms with Crippen LogP contribution < -0.4 is 4.74 Å². The minimum Gasteiger partial charge on any atom is -0.497 e. The number of para-hydroxylation sites is 2. The molecule has 2 aromatic heterocycles. The van der Waals surface area contributed by atoms with Crippen LogP contribution in [0, 0.1) is 0 Å². The van der Waals surface area contributed by atoms with Crippen molar-refractivity contribution in [3.8, 4) is 22.6 Å². The van der Waals surface area contributed by atoms with Crippen molar-refractivity contribution in [2.45, 2.75) is 0 Å². The molecule has 0 fully saturated rings. The molecule has 0 spiro atoms. The van der Waals surface area contributed by atoms with Crippen LogP contribution in [-0.4, -0.2) is 16.7 Å². The number of hydrogen-bond acceptors (Lipinski definition) is 2. The van der Waals surface area contributed by atoms with Gasteiger partial charge < -0.3 is 9.30 Å². The van der Waals surface area contributed by atoms with Crippen LogP contribution in [0.4, 0.5) is 0 Å². The molecule has 166 valence electrons. The summed E-state index contributed by atoms with van der Waals surface area (Å²) in [6.45, 7) is 0. The summed E-state index contributed by atoms with van der Waals surface area (Å²) in [5.74, 6) is 0.849. The lowest BCUT2D eigenvalue weighted by Crippen LogP contribution is -1.93. The molecule has 0 aliphatic carbocycles. The van der Waals surface area contributed by atoms with Gasteiger partial charge in [0, 0.05) is 33.6 Å². The fraction of sp³-hybridized carbons (Fsp3) is 0.0312. The van der Waals surface area contributed by atoms with Crippen LogP contribution in [0.2, 0.25) is 0 Å². The van der Waals surface area contributed by atoms with Crippen molar-refractivity contribution < 1.29 is 4.74 Å². The van der Waals surface area contributed by atoms with Gasteiger partial charge >= 0.3 is 0 Å². The van der Waals surface area contributed by atoms with E-state index in [1.54, 1.807) is 7.11 Å². The summed E-state index contributed by atoms with van der Waals surface area (Å²) in [7, 11) is 1.69. The molecule has 5 aromatic carbocycles. The molecule has 0 N–H and O–H groups in total. The van der Waals surface area contributed by atoms with Crippen LogP contribution in [0.5, 0.6) is 5.75 Å². The predicted molar refractivity (Wildman–Crippen MR) is 146 cm³/mol. The van der Waals surface area contributed by atoms with E-state index in [0.29, 0.717) is 0 Å². The van der Waals surface area contributed by atoms with Crippen LogP contribution in [0.3, 0.4) is 0 Å². The van der Waals surface area contributed by atoms with E-state index < -0.39 is 0 Å². The lowest BCUT2D eigenvalue weighted by atomic mass is 9.95. The monoisotopic (exact) mass is 450 g/mol. The van der Waals surface area contributed by atoms with E-state index in [0.717, 1.165) is 33.5 Å². The molecule has 2 heterocycles. The summed E-state index contributed by atoms with van der Waals surface area (Å²) in [6, 6.07) is 38.6. The lowest BCUT2D eigenvalue weighted by molar-refractivity contribution is 0.415. The standard InChI is InChI=1S/C32H22N2O/c1-35-24-15-13-21(14-16-24)28-18-22-19-29-25-10-5-6-12-30(25)34(23-8-3-2-4-9-23)31(29)20-27(22)26-11-7-17-33-32(26)28/h2-20H,1H3. The molecule has 0 radical (unpaired) electrons. The molecule has 7 aromatic rings.